The van der Waals surface area contributed by atoms with E-state index in [1.54, 1.807) is 0 Å². The van der Waals surface area contributed by atoms with Crippen molar-refractivity contribution in [2.45, 2.75) is 75.2 Å². The van der Waals surface area contributed by atoms with E-state index in [2.05, 4.69) is 147 Å². The number of hydrogen-bond acceptors (Lipinski definition) is 4. The van der Waals surface area contributed by atoms with E-state index < -0.39 is 0 Å². The fourth-order valence-electron chi connectivity index (χ4n) is 9.45. The fraction of sp³-hybridized carbons (Fsp3) is 0.231. The first-order valence-electron chi connectivity index (χ1n) is 20.3. The summed E-state index contributed by atoms with van der Waals surface area (Å²) in [4.78, 5) is 18.5. The molecule has 297 valence electrons. The summed E-state index contributed by atoms with van der Waals surface area (Å²) in [7, 11) is 0. The van der Waals surface area contributed by atoms with Gasteiger partial charge in [-0.3, -0.25) is 9.97 Å². The first-order valence-corrected chi connectivity index (χ1v) is 20.3. The van der Waals surface area contributed by atoms with Crippen molar-refractivity contribution in [3.63, 3.8) is 0 Å². The monoisotopic (exact) mass is 949 g/mol. The van der Waals surface area contributed by atoms with E-state index in [0.717, 1.165) is 50.6 Å². The van der Waals surface area contributed by atoms with E-state index in [9.17, 15) is 0 Å². The van der Waals surface area contributed by atoms with Crippen LogP contribution >= 0.6 is 0 Å². The van der Waals surface area contributed by atoms with Crippen LogP contribution in [0, 0.1) is 66.5 Å². The minimum absolute atomic E-state index is 0. The molecule has 0 saturated heterocycles. The van der Waals surface area contributed by atoms with Gasteiger partial charge in [-0.1, -0.05) is 85.4 Å². The van der Waals surface area contributed by atoms with Gasteiger partial charge in [-0.2, -0.15) is 0 Å². The predicted molar refractivity (Wildman–Crippen MR) is 241 cm³/mol. The Kier molecular flexibility index (Phi) is 10.7. The normalized spacial score (nSPS) is 12.1. The quantitative estimate of drug-likeness (QED) is 0.127. The molecule has 1 unspecified atom stereocenters. The van der Waals surface area contributed by atoms with Crippen LogP contribution in [0.2, 0.25) is 0 Å². The van der Waals surface area contributed by atoms with Gasteiger partial charge in [0, 0.05) is 55.9 Å². The van der Waals surface area contributed by atoms with Crippen LogP contribution in [0.1, 0.15) is 64.8 Å². The zero-order valence-electron chi connectivity index (χ0n) is 35.2. The molecule has 59 heavy (non-hydrogen) atoms. The SMILES string of the molecule is CCC(C)Cc1cc(C)c(-c2cc(C)c3c4ncc[c-]c4c4nccn4c3c2)c(C)c1.Cc1cc(C)c(-c2cc(C)c3c4ncc[c-]c4c4nccn4c3c2)c(C)c1.[Ir]. The minimum Gasteiger partial charge on any atom is -0.351 e. The number of aromatic nitrogens is 6. The van der Waals surface area contributed by atoms with E-state index in [1.807, 2.05) is 49.3 Å². The topological polar surface area (TPSA) is 60.4 Å². The van der Waals surface area contributed by atoms with Gasteiger partial charge in [0.2, 0.25) is 0 Å². The number of benzene rings is 4. The summed E-state index contributed by atoms with van der Waals surface area (Å²) in [6.07, 6.45) is 13.7. The maximum atomic E-state index is 4.70. The second-order valence-electron chi connectivity index (χ2n) is 16.3. The van der Waals surface area contributed by atoms with Crippen molar-refractivity contribution in [2.75, 3.05) is 0 Å². The predicted octanol–water partition coefficient (Wildman–Crippen LogP) is 12.8. The van der Waals surface area contributed by atoms with Crippen LogP contribution < -0.4 is 0 Å². The van der Waals surface area contributed by atoms with E-state index in [0.29, 0.717) is 5.92 Å². The van der Waals surface area contributed by atoms with E-state index in [4.69, 9.17) is 4.98 Å². The van der Waals surface area contributed by atoms with Crippen molar-refractivity contribution < 1.29 is 20.1 Å². The molecule has 0 saturated carbocycles. The second kappa shape index (κ2) is 15.8. The van der Waals surface area contributed by atoms with Crippen molar-refractivity contribution in [3.8, 4) is 22.3 Å². The Balaban J connectivity index is 0.000000163. The Bertz CT molecular complexity index is 3200. The first kappa shape index (κ1) is 40.0. The van der Waals surface area contributed by atoms with Gasteiger partial charge in [0.05, 0.1) is 11.3 Å². The molecular formula is C52H48IrN6-2. The Morgan fingerprint density at radius 3 is 1.42 bits per heavy atom. The Morgan fingerprint density at radius 1 is 0.542 bits per heavy atom. The van der Waals surface area contributed by atoms with Crippen molar-refractivity contribution in [2.24, 2.45) is 5.92 Å². The molecule has 0 bridgehead atoms. The number of hydrogen-bond donors (Lipinski definition) is 0. The van der Waals surface area contributed by atoms with Gasteiger partial charge in [-0.05, 0) is 156 Å². The molecule has 1 radical (unpaired) electrons. The summed E-state index contributed by atoms with van der Waals surface area (Å²) in [6.45, 7) is 20.0. The summed E-state index contributed by atoms with van der Waals surface area (Å²) in [6, 6.07) is 28.8. The molecule has 6 nitrogen and oxygen atoms in total. The van der Waals surface area contributed by atoms with E-state index in [1.165, 1.54) is 84.0 Å². The molecule has 7 heteroatoms. The zero-order valence-corrected chi connectivity index (χ0v) is 37.6. The van der Waals surface area contributed by atoms with Gasteiger partial charge in [0.15, 0.2) is 0 Å². The van der Waals surface area contributed by atoms with Crippen LogP contribution in [0.15, 0.2) is 97.8 Å². The molecule has 0 spiro atoms. The minimum atomic E-state index is 0. The van der Waals surface area contributed by atoms with Gasteiger partial charge in [0.25, 0.3) is 0 Å². The molecule has 0 fully saturated rings. The molecule has 0 N–H and O–H groups in total. The van der Waals surface area contributed by atoms with Crippen LogP contribution in [0.3, 0.4) is 0 Å². The van der Waals surface area contributed by atoms with Crippen LogP contribution in [-0.2, 0) is 26.5 Å². The van der Waals surface area contributed by atoms with Gasteiger partial charge in [-0.15, -0.1) is 24.3 Å². The first-order chi connectivity index (χ1) is 28.0. The number of rotatable bonds is 5. The molecule has 0 aliphatic carbocycles. The molecule has 10 aromatic rings. The summed E-state index contributed by atoms with van der Waals surface area (Å²) >= 11 is 0. The largest absolute Gasteiger partial charge is 0.351 e. The fourth-order valence-corrected chi connectivity index (χ4v) is 9.45. The third-order valence-corrected chi connectivity index (χ3v) is 12.0. The van der Waals surface area contributed by atoms with Gasteiger partial charge in [0.1, 0.15) is 0 Å². The molecule has 1 atom stereocenters. The second-order valence-corrected chi connectivity index (χ2v) is 16.3. The number of nitrogens with zero attached hydrogens (tertiary/aromatic N) is 6. The molecular weight excluding hydrogens is 901 g/mol. The molecule has 0 amide bonds. The molecule has 6 heterocycles. The number of imidazole rings is 2. The number of fused-ring (bicyclic) bond motifs is 12. The number of pyridine rings is 4. The van der Waals surface area contributed by atoms with Crippen LogP contribution in [0.4, 0.5) is 0 Å². The van der Waals surface area contributed by atoms with Gasteiger partial charge in [-0.25, -0.2) is 0 Å². The number of aryl methyl sites for hydroxylation is 7. The van der Waals surface area contributed by atoms with Crippen LogP contribution in [0.25, 0.3) is 77.2 Å². The van der Waals surface area contributed by atoms with Crippen molar-refractivity contribution >= 4 is 54.9 Å². The van der Waals surface area contributed by atoms with Crippen molar-refractivity contribution in [1.29, 1.82) is 0 Å². The summed E-state index contributed by atoms with van der Waals surface area (Å²) in [5, 5.41) is 4.27. The molecule has 0 aliphatic heterocycles. The van der Waals surface area contributed by atoms with Gasteiger partial charge >= 0.3 is 0 Å². The zero-order chi connectivity index (χ0) is 40.4. The summed E-state index contributed by atoms with van der Waals surface area (Å²) in [5.41, 5.74) is 21.6. The molecule has 10 rings (SSSR count). The third kappa shape index (κ3) is 6.90. The maximum absolute atomic E-state index is 4.70. The molecule has 6 aromatic heterocycles. The van der Waals surface area contributed by atoms with Gasteiger partial charge < -0.3 is 18.8 Å². The molecule has 4 aromatic carbocycles. The third-order valence-electron chi connectivity index (χ3n) is 12.0. The average Bonchev–Trinajstić information content (AvgIpc) is 3.89. The standard InChI is InChI=1S/C28H28N3.C24H20N3.Ir/c1-6-17(2)12-21-13-18(3)25(19(4)14-21)22-15-20(5)26-24(16-22)31-11-10-30-28(31)23-8-7-9-29-27(23)26;1-14-10-15(2)21(16(3)11-14)18-12-17(4)22-20(13-18)27-9-8-26-24(27)19-6-5-7-25-23(19)22;/h7,9-11,13-17H,6,12H2,1-5H3;5,7-13H,1-4H3;/q2*-1;. The smallest absolute Gasteiger partial charge is 0.0623 e. The van der Waals surface area contributed by atoms with Crippen LogP contribution in [-0.4, -0.2) is 28.7 Å². The Morgan fingerprint density at radius 2 is 0.983 bits per heavy atom. The molecule has 0 aliphatic rings. The Hall–Kier alpha value is -5.75. The van der Waals surface area contributed by atoms with Crippen molar-refractivity contribution in [1.82, 2.24) is 28.7 Å². The van der Waals surface area contributed by atoms with E-state index >= 15 is 0 Å². The summed E-state index contributed by atoms with van der Waals surface area (Å²) < 4.78 is 4.33. The van der Waals surface area contributed by atoms with E-state index in [-0.39, 0.29) is 20.1 Å². The average molecular weight is 949 g/mol. The van der Waals surface area contributed by atoms with Crippen molar-refractivity contribution in [3.05, 3.63) is 154 Å². The van der Waals surface area contributed by atoms with Crippen LogP contribution in [0.5, 0.6) is 0 Å². The summed E-state index contributed by atoms with van der Waals surface area (Å²) in [5.74, 6) is 0.708. The maximum Gasteiger partial charge on any atom is 0.0623 e. The Labute approximate surface area is 359 Å².